The van der Waals surface area contributed by atoms with Crippen molar-refractivity contribution in [3.63, 3.8) is 0 Å². The molecule has 158 valence electrons. The molecular weight excluding hydrogens is 414 g/mol. The van der Waals surface area contributed by atoms with Gasteiger partial charge in [0.15, 0.2) is 0 Å². The lowest BCUT2D eigenvalue weighted by Crippen LogP contribution is -2.27. The number of aromatic nitrogens is 1. The maximum Gasteiger partial charge on any atom is 0.303 e. The molecule has 3 aromatic rings. The number of hydrogen-bond acceptors (Lipinski definition) is 4. The predicted molar refractivity (Wildman–Crippen MR) is 120 cm³/mol. The summed E-state index contributed by atoms with van der Waals surface area (Å²) in [5.41, 5.74) is 4.38. The highest BCUT2D eigenvalue weighted by Gasteiger charge is 2.34. The van der Waals surface area contributed by atoms with E-state index in [1.165, 1.54) is 5.01 Å². The van der Waals surface area contributed by atoms with Gasteiger partial charge >= 0.3 is 5.97 Å². The molecule has 6 nitrogen and oxygen atoms in total. The number of carboxylic acid groups (broad SMARTS) is 1. The van der Waals surface area contributed by atoms with Crippen LogP contribution in [0.5, 0.6) is 0 Å². The number of fused-ring (bicyclic) bond motifs is 1. The zero-order valence-electron chi connectivity index (χ0n) is 17.1. The van der Waals surface area contributed by atoms with E-state index in [0.717, 1.165) is 33.3 Å². The van der Waals surface area contributed by atoms with E-state index in [-0.39, 0.29) is 25.2 Å². The third kappa shape index (κ3) is 4.59. The molecule has 0 bridgehead atoms. The molecule has 7 heteroatoms. The fourth-order valence-electron chi connectivity index (χ4n) is 3.83. The van der Waals surface area contributed by atoms with Gasteiger partial charge in [-0.05, 0) is 31.0 Å². The first-order chi connectivity index (χ1) is 14.9. The number of halogens is 1. The number of pyridine rings is 1. The number of carbonyl (C=O) groups excluding carboxylic acids is 1. The van der Waals surface area contributed by atoms with Gasteiger partial charge in [-0.2, -0.15) is 5.10 Å². The number of nitrogens with zero attached hydrogens (tertiary/aromatic N) is 3. The minimum atomic E-state index is -0.920. The van der Waals surface area contributed by atoms with E-state index in [4.69, 9.17) is 16.7 Å². The molecular formula is C24H22ClN3O3. The van der Waals surface area contributed by atoms with E-state index in [1.54, 1.807) is 0 Å². The van der Waals surface area contributed by atoms with Crippen LogP contribution in [0.25, 0.3) is 10.9 Å². The summed E-state index contributed by atoms with van der Waals surface area (Å²) >= 11 is 6.54. The Kier molecular flexibility index (Phi) is 6.00. The minimum Gasteiger partial charge on any atom is -0.481 e. The number of amides is 1. The van der Waals surface area contributed by atoms with E-state index in [9.17, 15) is 9.59 Å². The molecule has 0 saturated carbocycles. The van der Waals surface area contributed by atoms with E-state index in [0.29, 0.717) is 11.6 Å². The molecule has 2 heterocycles. The molecule has 2 aromatic carbocycles. The lowest BCUT2D eigenvalue weighted by molar-refractivity contribution is -0.137. The van der Waals surface area contributed by atoms with Crippen LogP contribution in [0.1, 0.15) is 48.4 Å². The normalized spacial score (nSPS) is 15.9. The Balaban J connectivity index is 1.70. The van der Waals surface area contributed by atoms with Crippen LogP contribution in [0.3, 0.4) is 0 Å². The van der Waals surface area contributed by atoms with Gasteiger partial charge in [0.2, 0.25) is 5.91 Å². The van der Waals surface area contributed by atoms with E-state index < -0.39 is 12.0 Å². The summed E-state index contributed by atoms with van der Waals surface area (Å²) in [6, 6.07) is 17.2. The molecule has 1 aliphatic heterocycles. The van der Waals surface area contributed by atoms with Crippen molar-refractivity contribution in [3.05, 3.63) is 76.4 Å². The van der Waals surface area contributed by atoms with Crippen molar-refractivity contribution in [2.24, 2.45) is 5.10 Å². The van der Waals surface area contributed by atoms with E-state index in [2.05, 4.69) is 10.1 Å². The molecule has 0 unspecified atom stereocenters. The number of aliphatic carboxylic acids is 1. The molecule has 1 aliphatic rings. The molecule has 0 radical (unpaired) electrons. The highest BCUT2D eigenvalue weighted by molar-refractivity contribution is 6.30. The van der Waals surface area contributed by atoms with Crippen LogP contribution in [-0.2, 0) is 9.59 Å². The quantitative estimate of drug-likeness (QED) is 0.544. The van der Waals surface area contributed by atoms with Crippen LogP contribution in [0.2, 0.25) is 5.15 Å². The fourth-order valence-corrected chi connectivity index (χ4v) is 4.10. The van der Waals surface area contributed by atoms with Crippen molar-refractivity contribution in [3.8, 4) is 0 Å². The molecule has 1 atom stereocenters. The maximum absolute atomic E-state index is 13.0. The first-order valence-corrected chi connectivity index (χ1v) is 10.5. The monoisotopic (exact) mass is 435 g/mol. The Hall–Kier alpha value is -3.25. The zero-order chi connectivity index (χ0) is 22.0. The van der Waals surface area contributed by atoms with Gasteiger partial charge in [0.25, 0.3) is 0 Å². The first-order valence-electron chi connectivity index (χ1n) is 10.2. The van der Waals surface area contributed by atoms with Crippen molar-refractivity contribution >= 4 is 40.1 Å². The molecule has 1 N–H and O–H groups in total. The summed E-state index contributed by atoms with van der Waals surface area (Å²) in [6.45, 7) is 2.01. The Morgan fingerprint density at radius 1 is 1.13 bits per heavy atom. The second kappa shape index (κ2) is 8.86. The third-order valence-corrected chi connectivity index (χ3v) is 5.66. The lowest BCUT2D eigenvalue weighted by Gasteiger charge is -2.23. The second-order valence-electron chi connectivity index (χ2n) is 7.68. The van der Waals surface area contributed by atoms with E-state index in [1.807, 2.05) is 61.5 Å². The smallest absolute Gasteiger partial charge is 0.303 e. The van der Waals surface area contributed by atoms with Gasteiger partial charge in [-0.25, -0.2) is 9.99 Å². The van der Waals surface area contributed by atoms with Crippen LogP contribution < -0.4 is 0 Å². The molecule has 0 saturated heterocycles. The predicted octanol–water partition coefficient (Wildman–Crippen LogP) is 5.13. The van der Waals surface area contributed by atoms with Gasteiger partial charge in [-0.1, -0.05) is 59.6 Å². The minimum absolute atomic E-state index is 0.0585. The summed E-state index contributed by atoms with van der Waals surface area (Å²) in [5.74, 6) is -1.14. The second-order valence-corrected chi connectivity index (χ2v) is 8.04. The largest absolute Gasteiger partial charge is 0.481 e. The van der Waals surface area contributed by atoms with E-state index >= 15 is 0 Å². The number of hydrogen-bond donors (Lipinski definition) is 1. The standard InChI is InChI=1S/C24H22ClN3O3/c1-15-6-4-8-16(12-15)20-14-21(28(27-20)22(29)10-5-11-23(30)31)18-13-17-7-2-3-9-19(17)26-24(18)25/h2-4,6-9,12-13,21H,5,10-11,14H2,1H3,(H,30,31)/t21-/m0/s1. The summed E-state index contributed by atoms with van der Waals surface area (Å²) in [6.07, 6.45) is 0.813. The Morgan fingerprint density at radius 2 is 1.94 bits per heavy atom. The number of carbonyl (C=O) groups is 2. The Labute approximate surface area is 185 Å². The van der Waals surface area contributed by atoms with Crippen LogP contribution in [0.4, 0.5) is 0 Å². The summed E-state index contributed by atoms with van der Waals surface area (Å²) in [7, 11) is 0. The Bertz CT molecular complexity index is 1190. The highest BCUT2D eigenvalue weighted by atomic mass is 35.5. The van der Waals surface area contributed by atoms with Gasteiger partial charge < -0.3 is 5.11 Å². The van der Waals surface area contributed by atoms with Gasteiger partial charge in [0.05, 0.1) is 17.3 Å². The van der Waals surface area contributed by atoms with Crippen molar-refractivity contribution in [1.82, 2.24) is 9.99 Å². The fraction of sp³-hybridized carbons (Fsp3) is 0.250. The maximum atomic E-state index is 13.0. The van der Waals surface area contributed by atoms with Gasteiger partial charge in [0.1, 0.15) is 5.15 Å². The average molecular weight is 436 g/mol. The van der Waals surface area contributed by atoms with Crippen molar-refractivity contribution in [2.45, 2.75) is 38.6 Å². The number of aryl methyl sites for hydroxylation is 1. The molecule has 0 fully saturated rings. The molecule has 0 aliphatic carbocycles. The topological polar surface area (TPSA) is 82.9 Å². The highest BCUT2D eigenvalue weighted by Crippen LogP contribution is 2.37. The number of para-hydroxylation sites is 1. The van der Waals surface area contributed by atoms with Crippen LogP contribution in [0.15, 0.2) is 59.7 Å². The lowest BCUT2D eigenvalue weighted by atomic mass is 9.97. The number of carboxylic acids is 1. The van der Waals surface area contributed by atoms with Gasteiger partial charge in [-0.15, -0.1) is 0 Å². The first kappa shape index (κ1) is 21.0. The van der Waals surface area contributed by atoms with Crippen molar-refractivity contribution < 1.29 is 14.7 Å². The van der Waals surface area contributed by atoms with Crippen molar-refractivity contribution in [1.29, 1.82) is 0 Å². The summed E-state index contributed by atoms with van der Waals surface area (Å²) in [5, 5.41) is 16.3. The summed E-state index contributed by atoms with van der Waals surface area (Å²) in [4.78, 5) is 28.3. The van der Waals surface area contributed by atoms with Crippen LogP contribution in [-0.4, -0.2) is 32.7 Å². The summed E-state index contributed by atoms with van der Waals surface area (Å²) < 4.78 is 0. The number of hydrazone groups is 1. The van der Waals surface area contributed by atoms with Gasteiger partial charge in [0, 0.05) is 30.2 Å². The SMILES string of the molecule is Cc1cccc(C2=NN(C(=O)CCCC(=O)O)[C@H](c3cc4ccccc4nc3Cl)C2)c1. The van der Waals surface area contributed by atoms with Gasteiger partial charge in [-0.3, -0.25) is 9.59 Å². The molecule has 31 heavy (non-hydrogen) atoms. The molecule has 1 aromatic heterocycles. The number of rotatable bonds is 6. The number of benzene rings is 2. The Morgan fingerprint density at radius 3 is 2.71 bits per heavy atom. The molecule has 0 spiro atoms. The van der Waals surface area contributed by atoms with Crippen LogP contribution in [0, 0.1) is 6.92 Å². The molecule has 1 amide bonds. The van der Waals surface area contributed by atoms with Crippen molar-refractivity contribution in [2.75, 3.05) is 0 Å². The third-order valence-electron chi connectivity index (χ3n) is 5.36. The van der Waals surface area contributed by atoms with Crippen LogP contribution >= 0.6 is 11.6 Å². The average Bonchev–Trinajstić information content (AvgIpc) is 3.18. The zero-order valence-corrected chi connectivity index (χ0v) is 17.8. The molecule has 4 rings (SSSR count).